The molecule has 7 nitrogen and oxygen atoms in total. The number of ether oxygens (including phenoxy) is 1. The fourth-order valence-corrected chi connectivity index (χ4v) is 2.03. The number of amides is 1. The molecule has 1 N–H and O–H groups in total. The average Bonchev–Trinajstić information content (AvgIpc) is 2.46. The number of hydrogen-bond acceptors (Lipinski definition) is 6. The van der Waals surface area contributed by atoms with Crippen LogP contribution in [0.25, 0.3) is 11.0 Å². The van der Waals surface area contributed by atoms with Gasteiger partial charge in [-0.2, -0.15) is 0 Å². The highest BCUT2D eigenvalue weighted by molar-refractivity contribution is 5.86. The average molecular weight is 318 g/mol. The van der Waals surface area contributed by atoms with E-state index in [0.717, 1.165) is 10.9 Å². The van der Waals surface area contributed by atoms with Crippen LogP contribution in [0, 0.1) is 6.92 Å². The Kier molecular flexibility index (Phi) is 4.68. The summed E-state index contributed by atoms with van der Waals surface area (Å²) in [5, 5.41) is 13.6. The molecule has 122 valence electrons. The summed E-state index contributed by atoms with van der Waals surface area (Å²) in [6, 6.07) is 5.14. The van der Waals surface area contributed by atoms with Crippen LogP contribution in [0.15, 0.2) is 33.5 Å². The summed E-state index contributed by atoms with van der Waals surface area (Å²) >= 11 is 0. The van der Waals surface area contributed by atoms with Gasteiger partial charge in [-0.05, 0) is 38.5 Å². The predicted molar refractivity (Wildman–Crippen MR) is 79.9 cm³/mol. The van der Waals surface area contributed by atoms with E-state index in [0.29, 0.717) is 11.3 Å². The molecule has 1 amide bonds. The largest absolute Gasteiger partial charge is 0.548 e. The molecule has 0 radical (unpaired) electrons. The Labute approximate surface area is 131 Å². The zero-order chi connectivity index (χ0) is 17.1. The van der Waals surface area contributed by atoms with E-state index in [1.807, 2.05) is 0 Å². The number of nitrogens with one attached hydrogen (secondary N) is 1. The molecule has 1 aromatic heterocycles. The van der Waals surface area contributed by atoms with E-state index in [1.165, 1.54) is 26.0 Å². The van der Waals surface area contributed by atoms with Crippen molar-refractivity contribution in [2.75, 3.05) is 0 Å². The summed E-state index contributed by atoms with van der Waals surface area (Å²) in [6.45, 7) is 4.57. The highest BCUT2D eigenvalue weighted by Crippen LogP contribution is 2.22. The third-order valence-electron chi connectivity index (χ3n) is 3.32. The second kappa shape index (κ2) is 6.51. The molecule has 2 aromatic rings. The first kappa shape index (κ1) is 16.5. The lowest BCUT2D eigenvalue weighted by molar-refractivity contribution is -0.307. The fourth-order valence-electron chi connectivity index (χ4n) is 2.03. The Balaban J connectivity index is 2.16. The van der Waals surface area contributed by atoms with Crippen molar-refractivity contribution >= 4 is 22.8 Å². The summed E-state index contributed by atoms with van der Waals surface area (Å²) < 4.78 is 10.6. The van der Waals surface area contributed by atoms with E-state index in [2.05, 4.69) is 5.32 Å². The van der Waals surface area contributed by atoms with Crippen molar-refractivity contribution in [1.82, 2.24) is 5.32 Å². The van der Waals surface area contributed by atoms with Crippen molar-refractivity contribution in [3.8, 4) is 5.75 Å². The van der Waals surface area contributed by atoms with Crippen LogP contribution in [0.2, 0.25) is 0 Å². The van der Waals surface area contributed by atoms with Gasteiger partial charge in [-0.15, -0.1) is 0 Å². The number of aryl methyl sites for hydroxylation is 1. The van der Waals surface area contributed by atoms with Gasteiger partial charge >= 0.3 is 5.63 Å². The Hall–Kier alpha value is -2.83. The summed E-state index contributed by atoms with van der Waals surface area (Å²) in [7, 11) is 0. The molecule has 1 heterocycles. The predicted octanol–water partition coefficient (Wildman–Crippen LogP) is 0.123. The Bertz CT molecular complexity index is 810. The van der Waals surface area contributed by atoms with Gasteiger partial charge in [0, 0.05) is 17.5 Å². The molecule has 0 fully saturated rings. The van der Waals surface area contributed by atoms with Gasteiger partial charge < -0.3 is 24.4 Å². The quantitative estimate of drug-likeness (QED) is 0.785. The van der Waals surface area contributed by atoms with Crippen LogP contribution in [0.1, 0.15) is 19.4 Å². The number of rotatable bonds is 5. The molecular weight excluding hydrogens is 302 g/mol. The lowest BCUT2D eigenvalue weighted by Gasteiger charge is -2.19. The van der Waals surface area contributed by atoms with Crippen LogP contribution >= 0.6 is 0 Å². The van der Waals surface area contributed by atoms with Gasteiger partial charge in [0.15, 0.2) is 6.10 Å². The van der Waals surface area contributed by atoms with Crippen LogP contribution < -0.4 is 20.8 Å². The van der Waals surface area contributed by atoms with E-state index in [4.69, 9.17) is 9.15 Å². The molecule has 0 saturated heterocycles. The monoisotopic (exact) mass is 318 g/mol. The number of carbonyl (C=O) groups is 2. The van der Waals surface area contributed by atoms with E-state index >= 15 is 0 Å². The van der Waals surface area contributed by atoms with Crippen molar-refractivity contribution in [3.63, 3.8) is 0 Å². The molecule has 0 aliphatic heterocycles. The van der Waals surface area contributed by atoms with Gasteiger partial charge in [0.1, 0.15) is 11.3 Å². The third-order valence-corrected chi connectivity index (χ3v) is 3.32. The summed E-state index contributed by atoms with van der Waals surface area (Å²) in [4.78, 5) is 33.8. The van der Waals surface area contributed by atoms with E-state index in [-0.39, 0.29) is 0 Å². The molecule has 0 aliphatic carbocycles. The number of fused-ring (bicyclic) bond motifs is 1. The maximum atomic E-state index is 11.8. The number of benzene rings is 1. The van der Waals surface area contributed by atoms with Gasteiger partial charge in [-0.25, -0.2) is 4.79 Å². The molecule has 0 spiro atoms. The second-order valence-corrected chi connectivity index (χ2v) is 5.22. The Morgan fingerprint density at radius 1 is 1.26 bits per heavy atom. The van der Waals surface area contributed by atoms with Crippen molar-refractivity contribution in [2.24, 2.45) is 0 Å². The maximum Gasteiger partial charge on any atom is 0.336 e. The minimum absolute atomic E-state index is 0.329. The van der Waals surface area contributed by atoms with Crippen LogP contribution in [0.5, 0.6) is 5.75 Å². The smallest absolute Gasteiger partial charge is 0.336 e. The molecule has 0 aliphatic rings. The zero-order valence-corrected chi connectivity index (χ0v) is 12.9. The topological polar surface area (TPSA) is 109 Å². The van der Waals surface area contributed by atoms with E-state index < -0.39 is 29.6 Å². The summed E-state index contributed by atoms with van der Waals surface area (Å²) in [6.07, 6.45) is -0.925. The van der Waals surface area contributed by atoms with E-state index in [1.54, 1.807) is 19.1 Å². The van der Waals surface area contributed by atoms with Crippen LogP contribution in [0.4, 0.5) is 0 Å². The van der Waals surface area contributed by atoms with Crippen molar-refractivity contribution in [1.29, 1.82) is 0 Å². The Morgan fingerprint density at radius 3 is 2.61 bits per heavy atom. The van der Waals surface area contributed by atoms with Gasteiger partial charge in [0.2, 0.25) is 0 Å². The van der Waals surface area contributed by atoms with Crippen LogP contribution in [0.3, 0.4) is 0 Å². The lowest BCUT2D eigenvalue weighted by atomic mass is 10.1. The summed E-state index contributed by atoms with van der Waals surface area (Å²) in [5.41, 5.74) is 0.653. The first-order valence-electron chi connectivity index (χ1n) is 7.00. The van der Waals surface area contributed by atoms with Crippen molar-refractivity contribution in [2.45, 2.75) is 32.9 Å². The van der Waals surface area contributed by atoms with Gasteiger partial charge in [0.05, 0.1) is 12.0 Å². The van der Waals surface area contributed by atoms with Gasteiger partial charge in [0.25, 0.3) is 5.91 Å². The molecule has 23 heavy (non-hydrogen) atoms. The number of carbonyl (C=O) groups excluding carboxylic acids is 2. The molecule has 0 bridgehead atoms. The second-order valence-electron chi connectivity index (χ2n) is 5.22. The highest BCUT2D eigenvalue weighted by atomic mass is 16.5. The van der Waals surface area contributed by atoms with Crippen LogP contribution in [-0.4, -0.2) is 24.0 Å². The zero-order valence-electron chi connectivity index (χ0n) is 12.9. The summed E-state index contributed by atoms with van der Waals surface area (Å²) in [5.74, 6) is -1.64. The highest BCUT2D eigenvalue weighted by Gasteiger charge is 2.17. The van der Waals surface area contributed by atoms with Crippen molar-refractivity contribution in [3.05, 3.63) is 40.2 Å². The van der Waals surface area contributed by atoms with Crippen molar-refractivity contribution < 1.29 is 23.8 Å². The lowest BCUT2D eigenvalue weighted by Crippen LogP contribution is -2.49. The van der Waals surface area contributed by atoms with Gasteiger partial charge in [-0.1, -0.05) is 0 Å². The van der Waals surface area contributed by atoms with E-state index in [9.17, 15) is 19.5 Å². The molecule has 2 atom stereocenters. The number of carboxylic acid groups (broad SMARTS) is 1. The first-order valence-corrected chi connectivity index (χ1v) is 7.00. The molecular formula is C16H16NO6-. The Morgan fingerprint density at radius 2 is 1.96 bits per heavy atom. The maximum absolute atomic E-state index is 11.8. The van der Waals surface area contributed by atoms with Crippen LogP contribution in [-0.2, 0) is 9.59 Å². The SMILES string of the molecule is Cc1cc(=O)oc2cc(O[C@@H](C)C(=O)N[C@H](C)C(=O)[O-])ccc12. The van der Waals surface area contributed by atoms with Gasteiger partial charge in [-0.3, -0.25) is 4.79 Å². The molecule has 2 rings (SSSR count). The number of aliphatic carboxylic acids is 1. The first-order chi connectivity index (χ1) is 10.8. The molecule has 1 aromatic carbocycles. The minimum Gasteiger partial charge on any atom is -0.548 e. The third kappa shape index (κ3) is 3.88. The standard InChI is InChI=1S/C16H17NO6/c1-8-6-14(18)23-13-7-11(4-5-12(8)13)22-10(3)15(19)17-9(2)16(20)21/h4-7,9-10H,1-3H3,(H,17,19)(H,20,21)/p-1/t9-,10+/m1/s1. The number of hydrogen-bond donors (Lipinski definition) is 1. The molecule has 0 saturated carbocycles. The normalized spacial score (nSPS) is 13.3. The number of carboxylic acids is 1. The minimum atomic E-state index is -1.38. The molecule has 7 heteroatoms. The fraction of sp³-hybridized carbons (Fsp3) is 0.312. The molecule has 0 unspecified atom stereocenters.